The van der Waals surface area contributed by atoms with Crippen molar-refractivity contribution in [2.75, 3.05) is 7.11 Å². The van der Waals surface area contributed by atoms with E-state index in [4.69, 9.17) is 15.2 Å². The predicted octanol–water partition coefficient (Wildman–Crippen LogP) is 3.91. The number of nitrogens with two attached hydrogens (primary N) is 1. The second-order valence-electron chi connectivity index (χ2n) is 5.41. The van der Waals surface area contributed by atoms with Crippen molar-refractivity contribution < 1.29 is 9.47 Å². The molecule has 0 spiro atoms. The molecular formula is C18H23NO2. The average Bonchev–Trinajstić information content (AvgIpc) is 2.48. The van der Waals surface area contributed by atoms with Crippen LogP contribution in [0.25, 0.3) is 0 Å². The minimum atomic E-state index is -0.0206. The van der Waals surface area contributed by atoms with Gasteiger partial charge in [-0.25, -0.2) is 0 Å². The average molecular weight is 285 g/mol. The lowest BCUT2D eigenvalue weighted by Crippen LogP contribution is -2.05. The van der Waals surface area contributed by atoms with Gasteiger partial charge in [-0.15, -0.1) is 0 Å². The Labute approximate surface area is 126 Å². The van der Waals surface area contributed by atoms with Crippen molar-refractivity contribution in [3.8, 4) is 11.5 Å². The van der Waals surface area contributed by atoms with E-state index in [1.807, 2.05) is 25.1 Å². The second kappa shape index (κ2) is 6.64. The van der Waals surface area contributed by atoms with Crippen LogP contribution in [0.5, 0.6) is 11.5 Å². The van der Waals surface area contributed by atoms with Gasteiger partial charge in [-0.05, 0) is 55.2 Å². The smallest absolute Gasteiger partial charge is 0.161 e. The lowest BCUT2D eigenvalue weighted by Gasteiger charge is -2.14. The minimum Gasteiger partial charge on any atom is -0.493 e. The van der Waals surface area contributed by atoms with Gasteiger partial charge in [0.05, 0.1) is 7.11 Å². The molecule has 2 aromatic carbocycles. The summed E-state index contributed by atoms with van der Waals surface area (Å²) >= 11 is 0. The molecule has 0 unspecified atom stereocenters. The molecule has 0 aliphatic carbocycles. The fraction of sp³-hybridized carbons (Fsp3) is 0.333. The molecule has 0 aliphatic rings. The first-order chi connectivity index (χ1) is 10.0. The topological polar surface area (TPSA) is 44.5 Å². The van der Waals surface area contributed by atoms with Gasteiger partial charge >= 0.3 is 0 Å². The SMILES string of the molecule is COc1cc([C@@H](C)N)ccc1OCc1ccc(C)c(C)c1. The standard InChI is InChI=1S/C18H23NO2/c1-12-5-6-15(9-13(12)2)11-21-17-8-7-16(14(3)19)10-18(17)20-4/h5-10,14H,11,19H2,1-4H3/t14-/m1/s1. The summed E-state index contributed by atoms with van der Waals surface area (Å²) in [6.45, 7) is 6.69. The summed E-state index contributed by atoms with van der Waals surface area (Å²) in [5.74, 6) is 1.45. The fourth-order valence-corrected chi connectivity index (χ4v) is 2.14. The number of hydrogen-bond acceptors (Lipinski definition) is 3. The molecule has 0 fully saturated rings. The van der Waals surface area contributed by atoms with E-state index in [2.05, 4.69) is 32.0 Å². The van der Waals surface area contributed by atoms with Crippen LogP contribution in [0.2, 0.25) is 0 Å². The van der Waals surface area contributed by atoms with Crippen molar-refractivity contribution >= 4 is 0 Å². The first kappa shape index (κ1) is 15.4. The Morgan fingerprint density at radius 3 is 2.38 bits per heavy atom. The van der Waals surface area contributed by atoms with Crippen LogP contribution in [0, 0.1) is 13.8 Å². The molecule has 0 saturated carbocycles. The molecule has 0 saturated heterocycles. The van der Waals surface area contributed by atoms with E-state index in [0.717, 1.165) is 16.9 Å². The van der Waals surface area contributed by atoms with E-state index in [1.54, 1.807) is 7.11 Å². The van der Waals surface area contributed by atoms with E-state index in [1.165, 1.54) is 11.1 Å². The zero-order valence-corrected chi connectivity index (χ0v) is 13.1. The number of aryl methyl sites for hydroxylation is 2. The summed E-state index contributed by atoms with van der Waals surface area (Å²) in [4.78, 5) is 0. The van der Waals surface area contributed by atoms with Crippen LogP contribution in [-0.4, -0.2) is 7.11 Å². The largest absolute Gasteiger partial charge is 0.493 e. The molecule has 2 rings (SSSR count). The number of rotatable bonds is 5. The molecule has 1 atom stereocenters. The Balaban J connectivity index is 2.13. The first-order valence-electron chi connectivity index (χ1n) is 7.13. The molecular weight excluding hydrogens is 262 g/mol. The molecule has 3 heteroatoms. The van der Waals surface area contributed by atoms with E-state index < -0.39 is 0 Å². The third kappa shape index (κ3) is 3.76. The van der Waals surface area contributed by atoms with Crippen molar-refractivity contribution in [2.24, 2.45) is 5.73 Å². The lowest BCUT2D eigenvalue weighted by atomic mass is 10.1. The van der Waals surface area contributed by atoms with Crippen molar-refractivity contribution in [1.29, 1.82) is 0 Å². The molecule has 2 aromatic rings. The first-order valence-corrected chi connectivity index (χ1v) is 7.13. The summed E-state index contributed by atoms with van der Waals surface area (Å²) in [5.41, 5.74) is 10.6. The maximum absolute atomic E-state index is 5.89. The highest BCUT2D eigenvalue weighted by molar-refractivity contribution is 5.44. The number of methoxy groups -OCH3 is 1. The van der Waals surface area contributed by atoms with E-state index >= 15 is 0 Å². The van der Waals surface area contributed by atoms with Gasteiger partial charge < -0.3 is 15.2 Å². The van der Waals surface area contributed by atoms with E-state index in [9.17, 15) is 0 Å². The zero-order chi connectivity index (χ0) is 15.4. The van der Waals surface area contributed by atoms with Gasteiger partial charge in [-0.1, -0.05) is 24.3 Å². The molecule has 0 aromatic heterocycles. The van der Waals surface area contributed by atoms with Crippen LogP contribution in [0.4, 0.5) is 0 Å². The molecule has 0 radical (unpaired) electrons. The van der Waals surface area contributed by atoms with Crippen LogP contribution < -0.4 is 15.2 Å². The summed E-state index contributed by atoms with van der Waals surface area (Å²) in [7, 11) is 1.64. The summed E-state index contributed by atoms with van der Waals surface area (Å²) in [6, 6.07) is 12.2. The summed E-state index contributed by atoms with van der Waals surface area (Å²) < 4.78 is 11.3. The maximum atomic E-state index is 5.89. The minimum absolute atomic E-state index is 0.0206. The molecule has 112 valence electrons. The molecule has 21 heavy (non-hydrogen) atoms. The molecule has 0 heterocycles. The molecule has 0 amide bonds. The highest BCUT2D eigenvalue weighted by Crippen LogP contribution is 2.30. The van der Waals surface area contributed by atoms with E-state index in [0.29, 0.717) is 12.4 Å². The van der Waals surface area contributed by atoms with Crippen molar-refractivity contribution in [2.45, 2.75) is 33.4 Å². The van der Waals surface area contributed by atoms with Crippen LogP contribution in [0.15, 0.2) is 36.4 Å². The number of benzene rings is 2. The quantitative estimate of drug-likeness (QED) is 0.905. The van der Waals surface area contributed by atoms with Gasteiger partial charge in [0.1, 0.15) is 6.61 Å². The van der Waals surface area contributed by atoms with Gasteiger partial charge in [0.2, 0.25) is 0 Å². The number of ether oxygens (including phenoxy) is 2. The van der Waals surface area contributed by atoms with Gasteiger partial charge in [-0.2, -0.15) is 0 Å². The number of hydrogen-bond donors (Lipinski definition) is 1. The molecule has 2 N–H and O–H groups in total. The fourth-order valence-electron chi connectivity index (χ4n) is 2.14. The highest BCUT2D eigenvalue weighted by atomic mass is 16.5. The van der Waals surface area contributed by atoms with Gasteiger partial charge in [0, 0.05) is 6.04 Å². The van der Waals surface area contributed by atoms with Gasteiger partial charge in [0.15, 0.2) is 11.5 Å². The zero-order valence-electron chi connectivity index (χ0n) is 13.1. The lowest BCUT2D eigenvalue weighted by molar-refractivity contribution is 0.284. The molecule has 3 nitrogen and oxygen atoms in total. The summed E-state index contributed by atoms with van der Waals surface area (Å²) in [6.07, 6.45) is 0. The Morgan fingerprint density at radius 2 is 1.76 bits per heavy atom. The predicted molar refractivity (Wildman–Crippen MR) is 85.8 cm³/mol. The Kier molecular flexibility index (Phi) is 4.86. The Morgan fingerprint density at radius 1 is 1.00 bits per heavy atom. The van der Waals surface area contributed by atoms with Crippen molar-refractivity contribution in [3.05, 3.63) is 58.7 Å². The van der Waals surface area contributed by atoms with Crippen LogP contribution in [-0.2, 0) is 6.61 Å². The van der Waals surface area contributed by atoms with Crippen LogP contribution >= 0.6 is 0 Å². The Bertz CT molecular complexity index is 621. The van der Waals surface area contributed by atoms with Gasteiger partial charge in [-0.3, -0.25) is 0 Å². The van der Waals surface area contributed by atoms with Gasteiger partial charge in [0.25, 0.3) is 0 Å². The normalized spacial score (nSPS) is 12.0. The van der Waals surface area contributed by atoms with Crippen LogP contribution in [0.1, 0.15) is 35.2 Å². The third-order valence-electron chi connectivity index (χ3n) is 3.68. The monoisotopic (exact) mass is 285 g/mol. The van der Waals surface area contributed by atoms with Crippen molar-refractivity contribution in [1.82, 2.24) is 0 Å². The second-order valence-corrected chi connectivity index (χ2v) is 5.41. The highest BCUT2D eigenvalue weighted by Gasteiger charge is 2.08. The van der Waals surface area contributed by atoms with Crippen molar-refractivity contribution in [3.63, 3.8) is 0 Å². The molecule has 0 bridgehead atoms. The summed E-state index contributed by atoms with van der Waals surface area (Å²) in [5, 5.41) is 0. The van der Waals surface area contributed by atoms with E-state index in [-0.39, 0.29) is 6.04 Å². The maximum Gasteiger partial charge on any atom is 0.161 e. The third-order valence-corrected chi connectivity index (χ3v) is 3.68. The van der Waals surface area contributed by atoms with Crippen LogP contribution in [0.3, 0.4) is 0 Å². The Hall–Kier alpha value is -2.00. The molecule has 0 aliphatic heterocycles.